The number of aromatic hydroxyl groups is 1. The zero-order valence-corrected chi connectivity index (χ0v) is 14.7. The van der Waals surface area contributed by atoms with E-state index in [4.69, 9.17) is 4.98 Å². The molecular weight excluding hydrogens is 296 g/mol. The number of unbranched alkanes of at least 4 members (excludes halogenated alkanes) is 4. The molecule has 0 saturated carbocycles. The summed E-state index contributed by atoms with van der Waals surface area (Å²) >= 11 is 0. The molecule has 3 heteroatoms. The Morgan fingerprint density at radius 1 is 1.08 bits per heavy atom. The second-order valence-corrected chi connectivity index (χ2v) is 7.02. The van der Waals surface area contributed by atoms with Gasteiger partial charge in [0.15, 0.2) is 5.82 Å². The van der Waals surface area contributed by atoms with Crippen LogP contribution in [0.3, 0.4) is 0 Å². The molecule has 1 atom stereocenters. The van der Waals surface area contributed by atoms with Gasteiger partial charge < -0.3 is 5.11 Å². The summed E-state index contributed by atoms with van der Waals surface area (Å²) in [5, 5.41) is 9.40. The Morgan fingerprint density at radius 2 is 1.88 bits per heavy atom. The Labute approximate surface area is 145 Å². The highest BCUT2D eigenvalue weighted by molar-refractivity contribution is 5.56. The number of aromatic nitrogens is 2. The summed E-state index contributed by atoms with van der Waals surface area (Å²) in [7, 11) is 0. The number of rotatable bonds is 7. The molecule has 1 aliphatic carbocycles. The molecule has 1 heterocycles. The molecule has 24 heavy (non-hydrogen) atoms. The number of hydrogen-bond donors (Lipinski definition) is 1. The highest BCUT2D eigenvalue weighted by atomic mass is 16.3. The number of aryl methyl sites for hydroxylation is 1. The monoisotopic (exact) mass is 324 g/mol. The predicted octanol–water partition coefficient (Wildman–Crippen LogP) is 5.31. The standard InChI is InChI=1S/C21H28N2O/c1-2-3-4-5-6-7-16-8-13-20-18(14-16)15-22-21(23-20)17-9-11-19(24)12-10-17/h9-12,15-16,24H,2-8,13-14H2,1H3. The highest BCUT2D eigenvalue weighted by Crippen LogP contribution is 2.29. The molecular formula is C21H28N2O. The molecule has 0 radical (unpaired) electrons. The summed E-state index contributed by atoms with van der Waals surface area (Å²) in [4.78, 5) is 9.33. The van der Waals surface area contributed by atoms with E-state index >= 15 is 0 Å². The van der Waals surface area contributed by atoms with Gasteiger partial charge >= 0.3 is 0 Å². The first-order valence-electron chi connectivity index (χ1n) is 9.40. The lowest BCUT2D eigenvalue weighted by molar-refractivity contribution is 0.400. The smallest absolute Gasteiger partial charge is 0.159 e. The quantitative estimate of drug-likeness (QED) is 0.702. The second-order valence-electron chi connectivity index (χ2n) is 7.02. The lowest BCUT2D eigenvalue weighted by Gasteiger charge is -2.24. The van der Waals surface area contributed by atoms with Gasteiger partial charge in [-0.05, 0) is 55.0 Å². The number of nitrogens with zero attached hydrogens (tertiary/aromatic N) is 2. The molecule has 0 bridgehead atoms. The minimum atomic E-state index is 0.276. The molecule has 1 aromatic heterocycles. The van der Waals surface area contributed by atoms with Crippen molar-refractivity contribution in [2.24, 2.45) is 5.92 Å². The van der Waals surface area contributed by atoms with Crippen molar-refractivity contribution >= 4 is 0 Å². The van der Waals surface area contributed by atoms with E-state index in [0.29, 0.717) is 0 Å². The summed E-state index contributed by atoms with van der Waals surface area (Å²) < 4.78 is 0. The van der Waals surface area contributed by atoms with E-state index in [9.17, 15) is 5.11 Å². The molecule has 0 fully saturated rings. The number of hydrogen-bond acceptors (Lipinski definition) is 3. The van der Waals surface area contributed by atoms with Gasteiger partial charge in [0.25, 0.3) is 0 Å². The average molecular weight is 324 g/mol. The summed E-state index contributed by atoms with van der Waals surface area (Å²) in [5.74, 6) is 1.85. The van der Waals surface area contributed by atoms with Gasteiger partial charge in [-0.1, -0.05) is 45.4 Å². The van der Waals surface area contributed by atoms with Crippen LogP contribution in [0.15, 0.2) is 30.5 Å². The van der Waals surface area contributed by atoms with E-state index in [1.807, 2.05) is 18.3 Å². The molecule has 1 unspecified atom stereocenters. The van der Waals surface area contributed by atoms with Crippen molar-refractivity contribution < 1.29 is 5.11 Å². The third-order valence-electron chi connectivity index (χ3n) is 5.09. The average Bonchev–Trinajstić information content (AvgIpc) is 2.62. The molecule has 0 aliphatic heterocycles. The Balaban J connectivity index is 1.59. The second kappa shape index (κ2) is 8.27. The molecule has 0 spiro atoms. The largest absolute Gasteiger partial charge is 0.508 e. The fourth-order valence-corrected chi connectivity index (χ4v) is 3.62. The van der Waals surface area contributed by atoms with E-state index in [2.05, 4.69) is 11.9 Å². The molecule has 1 aliphatic rings. The van der Waals surface area contributed by atoms with Crippen LogP contribution in [0.25, 0.3) is 11.4 Å². The molecule has 1 N–H and O–H groups in total. The van der Waals surface area contributed by atoms with Crippen molar-refractivity contribution in [3.63, 3.8) is 0 Å². The van der Waals surface area contributed by atoms with Gasteiger partial charge in [-0.15, -0.1) is 0 Å². The molecule has 3 nitrogen and oxygen atoms in total. The van der Waals surface area contributed by atoms with Crippen LogP contribution in [0.1, 0.15) is 63.1 Å². The van der Waals surface area contributed by atoms with Crippen molar-refractivity contribution in [3.8, 4) is 17.1 Å². The van der Waals surface area contributed by atoms with E-state index in [-0.39, 0.29) is 5.75 Å². The van der Waals surface area contributed by atoms with E-state index < -0.39 is 0 Å². The predicted molar refractivity (Wildman–Crippen MR) is 98.0 cm³/mol. The molecule has 3 rings (SSSR count). The molecule has 0 amide bonds. The molecule has 2 aromatic rings. The van der Waals surface area contributed by atoms with Crippen LogP contribution in [0, 0.1) is 5.92 Å². The highest BCUT2D eigenvalue weighted by Gasteiger charge is 2.20. The number of phenols is 1. The Morgan fingerprint density at radius 3 is 2.67 bits per heavy atom. The van der Waals surface area contributed by atoms with Crippen molar-refractivity contribution in [1.82, 2.24) is 9.97 Å². The summed E-state index contributed by atoms with van der Waals surface area (Å²) in [6.07, 6.45) is 13.7. The normalized spacial score (nSPS) is 16.8. The first-order chi connectivity index (χ1) is 11.8. The van der Waals surface area contributed by atoms with Gasteiger partial charge in [-0.3, -0.25) is 0 Å². The van der Waals surface area contributed by atoms with Crippen molar-refractivity contribution in [3.05, 3.63) is 41.7 Å². The van der Waals surface area contributed by atoms with E-state index in [0.717, 1.165) is 30.1 Å². The fourth-order valence-electron chi connectivity index (χ4n) is 3.62. The number of benzene rings is 1. The van der Waals surface area contributed by atoms with Crippen LogP contribution >= 0.6 is 0 Å². The zero-order valence-electron chi connectivity index (χ0n) is 14.7. The maximum absolute atomic E-state index is 9.40. The number of phenolic OH excluding ortho intramolecular Hbond substituents is 1. The Bertz CT molecular complexity index is 651. The maximum Gasteiger partial charge on any atom is 0.159 e. The topological polar surface area (TPSA) is 46.0 Å². The van der Waals surface area contributed by atoms with E-state index in [1.54, 1.807) is 12.1 Å². The summed E-state index contributed by atoms with van der Waals surface area (Å²) in [6.45, 7) is 2.27. The first kappa shape index (κ1) is 16.9. The van der Waals surface area contributed by atoms with Crippen molar-refractivity contribution in [1.29, 1.82) is 0 Å². The zero-order chi connectivity index (χ0) is 16.8. The van der Waals surface area contributed by atoms with Gasteiger partial charge in [0.2, 0.25) is 0 Å². The van der Waals surface area contributed by atoms with Crippen LogP contribution in [0.2, 0.25) is 0 Å². The lowest BCUT2D eigenvalue weighted by atomic mass is 9.84. The molecule has 1 aromatic carbocycles. The summed E-state index contributed by atoms with van der Waals surface area (Å²) in [5.41, 5.74) is 3.52. The first-order valence-corrected chi connectivity index (χ1v) is 9.40. The lowest BCUT2D eigenvalue weighted by Crippen LogP contribution is -2.16. The third-order valence-corrected chi connectivity index (χ3v) is 5.09. The Kier molecular flexibility index (Phi) is 5.84. The van der Waals surface area contributed by atoms with Crippen molar-refractivity contribution in [2.45, 2.75) is 64.7 Å². The van der Waals surface area contributed by atoms with Gasteiger partial charge in [0.1, 0.15) is 5.75 Å². The minimum absolute atomic E-state index is 0.276. The van der Waals surface area contributed by atoms with Crippen LogP contribution < -0.4 is 0 Å². The van der Waals surface area contributed by atoms with Crippen LogP contribution in [0.5, 0.6) is 5.75 Å². The van der Waals surface area contributed by atoms with E-state index in [1.165, 1.54) is 56.2 Å². The van der Waals surface area contributed by atoms with Gasteiger partial charge in [-0.25, -0.2) is 9.97 Å². The maximum atomic E-state index is 9.40. The molecule has 128 valence electrons. The van der Waals surface area contributed by atoms with Crippen LogP contribution in [-0.4, -0.2) is 15.1 Å². The van der Waals surface area contributed by atoms with Gasteiger partial charge in [-0.2, -0.15) is 0 Å². The SMILES string of the molecule is CCCCCCCC1CCc2nc(-c3ccc(O)cc3)ncc2C1. The minimum Gasteiger partial charge on any atom is -0.508 e. The van der Waals surface area contributed by atoms with Crippen LogP contribution in [0.4, 0.5) is 0 Å². The third kappa shape index (κ3) is 4.34. The molecule has 0 saturated heterocycles. The Hall–Kier alpha value is -1.90. The number of fused-ring (bicyclic) bond motifs is 1. The summed E-state index contributed by atoms with van der Waals surface area (Å²) in [6, 6.07) is 7.12. The van der Waals surface area contributed by atoms with Crippen molar-refractivity contribution in [2.75, 3.05) is 0 Å². The van der Waals surface area contributed by atoms with Crippen LogP contribution in [-0.2, 0) is 12.8 Å². The van der Waals surface area contributed by atoms with Gasteiger partial charge in [0, 0.05) is 17.5 Å². The fraction of sp³-hybridized carbons (Fsp3) is 0.524. The van der Waals surface area contributed by atoms with Gasteiger partial charge in [0.05, 0.1) is 0 Å².